The van der Waals surface area contributed by atoms with Gasteiger partial charge in [0.25, 0.3) is 0 Å². The van der Waals surface area contributed by atoms with Crippen LogP contribution in [0.4, 0.5) is 0 Å². The van der Waals surface area contributed by atoms with Gasteiger partial charge in [-0.3, -0.25) is 0 Å². The Morgan fingerprint density at radius 2 is 1.82 bits per heavy atom. The van der Waals surface area contributed by atoms with Gasteiger partial charge >= 0.3 is 29.6 Å². The summed E-state index contributed by atoms with van der Waals surface area (Å²) in [6.45, 7) is 0. The van der Waals surface area contributed by atoms with Crippen LogP contribution in [-0.4, -0.2) is 11.1 Å². The van der Waals surface area contributed by atoms with Gasteiger partial charge in [0, 0.05) is 5.90 Å². The predicted octanol–water partition coefficient (Wildman–Crippen LogP) is -2.81. The second-order valence-corrected chi connectivity index (χ2v) is 1.77. The SMILES string of the molecule is [Na+].[O-]C(=NO)c1ccccc1. The van der Waals surface area contributed by atoms with Crippen LogP contribution in [-0.2, 0) is 0 Å². The summed E-state index contributed by atoms with van der Waals surface area (Å²) in [6, 6.07) is 8.37. The Morgan fingerprint density at radius 3 is 2.27 bits per heavy atom. The maximum absolute atomic E-state index is 10.6. The molecule has 52 valence electrons. The third-order valence-corrected chi connectivity index (χ3v) is 1.11. The fraction of sp³-hybridized carbons (Fsp3) is 0. The Morgan fingerprint density at radius 1 is 1.27 bits per heavy atom. The molecule has 0 spiro atoms. The average molecular weight is 159 g/mol. The molecule has 1 rings (SSSR count). The van der Waals surface area contributed by atoms with Crippen molar-refractivity contribution in [3.8, 4) is 0 Å². The van der Waals surface area contributed by atoms with Crippen molar-refractivity contribution >= 4 is 5.90 Å². The van der Waals surface area contributed by atoms with Crippen LogP contribution in [0.2, 0.25) is 0 Å². The third-order valence-electron chi connectivity index (χ3n) is 1.11. The van der Waals surface area contributed by atoms with E-state index in [0.29, 0.717) is 5.56 Å². The quantitative estimate of drug-likeness (QED) is 0.158. The summed E-state index contributed by atoms with van der Waals surface area (Å²) in [5, 5.41) is 21.2. The Bertz CT molecular complexity index is 235. The van der Waals surface area contributed by atoms with Gasteiger partial charge in [0.05, 0.1) is 0 Å². The second-order valence-electron chi connectivity index (χ2n) is 1.77. The first-order chi connectivity index (χ1) is 4.84. The van der Waals surface area contributed by atoms with E-state index in [1.807, 2.05) is 0 Å². The fourth-order valence-electron chi connectivity index (χ4n) is 0.638. The van der Waals surface area contributed by atoms with Gasteiger partial charge in [0.15, 0.2) is 0 Å². The van der Waals surface area contributed by atoms with Crippen LogP contribution in [0.3, 0.4) is 0 Å². The number of rotatable bonds is 1. The van der Waals surface area contributed by atoms with E-state index in [2.05, 4.69) is 5.16 Å². The number of oxime groups is 1. The van der Waals surface area contributed by atoms with Crippen LogP contribution in [0.15, 0.2) is 35.5 Å². The molecule has 3 nitrogen and oxygen atoms in total. The molecule has 11 heavy (non-hydrogen) atoms. The van der Waals surface area contributed by atoms with Crippen molar-refractivity contribution < 1.29 is 39.9 Å². The molecule has 0 aliphatic carbocycles. The number of benzene rings is 1. The summed E-state index contributed by atoms with van der Waals surface area (Å²) >= 11 is 0. The summed E-state index contributed by atoms with van der Waals surface area (Å²) in [7, 11) is 0. The van der Waals surface area contributed by atoms with Crippen LogP contribution < -0.4 is 34.7 Å². The Kier molecular flexibility index (Phi) is 4.94. The van der Waals surface area contributed by atoms with Gasteiger partial charge < -0.3 is 10.3 Å². The minimum Gasteiger partial charge on any atom is -0.856 e. The smallest absolute Gasteiger partial charge is 0.856 e. The summed E-state index contributed by atoms with van der Waals surface area (Å²) in [4.78, 5) is 0. The number of nitrogens with zero attached hydrogens (tertiary/aromatic N) is 1. The predicted molar refractivity (Wildman–Crippen MR) is 34.8 cm³/mol. The molecule has 0 aromatic heterocycles. The van der Waals surface area contributed by atoms with Crippen LogP contribution in [0, 0.1) is 0 Å². The Hall–Kier alpha value is -0.510. The zero-order valence-electron chi connectivity index (χ0n) is 6.19. The molecule has 0 saturated carbocycles. The van der Waals surface area contributed by atoms with E-state index in [1.165, 1.54) is 0 Å². The molecule has 0 bridgehead atoms. The molecule has 1 N–H and O–H groups in total. The molecule has 0 heterocycles. The molecular formula is C7H6NNaO2. The van der Waals surface area contributed by atoms with E-state index in [4.69, 9.17) is 5.21 Å². The summed E-state index contributed by atoms with van der Waals surface area (Å²) < 4.78 is 0. The Labute approximate surface area is 86.6 Å². The molecule has 0 aliphatic heterocycles. The summed E-state index contributed by atoms with van der Waals surface area (Å²) in [6.07, 6.45) is 0. The van der Waals surface area contributed by atoms with E-state index in [0.717, 1.165) is 0 Å². The topological polar surface area (TPSA) is 55.7 Å². The summed E-state index contributed by atoms with van der Waals surface area (Å²) in [5.41, 5.74) is 0.394. The van der Waals surface area contributed by atoms with Crippen molar-refractivity contribution in [2.45, 2.75) is 0 Å². The molecule has 0 aliphatic rings. The first kappa shape index (κ1) is 10.5. The van der Waals surface area contributed by atoms with Crippen LogP contribution in [0.1, 0.15) is 5.56 Å². The van der Waals surface area contributed by atoms with Crippen molar-refractivity contribution in [1.29, 1.82) is 0 Å². The van der Waals surface area contributed by atoms with Crippen molar-refractivity contribution in [2.24, 2.45) is 5.16 Å². The van der Waals surface area contributed by atoms with Crippen LogP contribution >= 0.6 is 0 Å². The minimum absolute atomic E-state index is 0. The average Bonchev–Trinajstić information content (AvgIpc) is 2.05. The first-order valence-corrected chi connectivity index (χ1v) is 2.79. The first-order valence-electron chi connectivity index (χ1n) is 2.79. The Balaban J connectivity index is 0.000001000. The van der Waals surface area contributed by atoms with E-state index < -0.39 is 5.90 Å². The number of hydrogen-bond donors (Lipinski definition) is 1. The van der Waals surface area contributed by atoms with Gasteiger partial charge in [0.2, 0.25) is 0 Å². The molecule has 4 heteroatoms. The molecule has 0 atom stereocenters. The second kappa shape index (κ2) is 5.18. The largest absolute Gasteiger partial charge is 1.00 e. The molecule has 0 amide bonds. The zero-order chi connectivity index (χ0) is 7.40. The van der Waals surface area contributed by atoms with Crippen molar-refractivity contribution in [1.82, 2.24) is 0 Å². The third kappa shape index (κ3) is 2.93. The van der Waals surface area contributed by atoms with E-state index in [9.17, 15) is 5.11 Å². The van der Waals surface area contributed by atoms with Gasteiger partial charge in [-0.15, -0.1) is 5.16 Å². The number of hydrogen-bond acceptors (Lipinski definition) is 3. The molecule has 0 radical (unpaired) electrons. The minimum atomic E-state index is -0.611. The fourth-order valence-corrected chi connectivity index (χ4v) is 0.638. The van der Waals surface area contributed by atoms with Crippen molar-refractivity contribution in [3.05, 3.63) is 35.9 Å². The molecular weight excluding hydrogens is 153 g/mol. The van der Waals surface area contributed by atoms with Gasteiger partial charge in [-0.2, -0.15) is 0 Å². The van der Waals surface area contributed by atoms with E-state index in [1.54, 1.807) is 30.3 Å². The van der Waals surface area contributed by atoms with Crippen LogP contribution in [0.25, 0.3) is 0 Å². The molecule has 1 aromatic rings. The maximum Gasteiger partial charge on any atom is 1.00 e. The van der Waals surface area contributed by atoms with E-state index in [-0.39, 0.29) is 29.6 Å². The molecule has 0 unspecified atom stereocenters. The summed E-state index contributed by atoms with van der Waals surface area (Å²) in [5.74, 6) is -0.611. The standard InChI is InChI=1S/C7H7NO2.Na/c9-7(8-10)6-4-2-1-3-5-6;/h1-5,10H,(H,8,9);/q;+1/p-1. The van der Waals surface area contributed by atoms with Gasteiger partial charge in [-0.05, 0) is 5.56 Å². The molecule has 1 aromatic carbocycles. The van der Waals surface area contributed by atoms with E-state index >= 15 is 0 Å². The monoisotopic (exact) mass is 159 g/mol. The van der Waals surface area contributed by atoms with Crippen LogP contribution in [0.5, 0.6) is 0 Å². The van der Waals surface area contributed by atoms with Crippen molar-refractivity contribution in [2.75, 3.05) is 0 Å². The van der Waals surface area contributed by atoms with Gasteiger partial charge in [-0.25, -0.2) is 0 Å². The van der Waals surface area contributed by atoms with Gasteiger partial charge in [-0.1, -0.05) is 30.3 Å². The maximum atomic E-state index is 10.6. The molecule has 0 saturated heterocycles. The van der Waals surface area contributed by atoms with Crippen molar-refractivity contribution in [3.63, 3.8) is 0 Å². The zero-order valence-corrected chi connectivity index (χ0v) is 8.19. The molecule has 0 fully saturated rings. The normalized spacial score (nSPS) is 10.4. The van der Waals surface area contributed by atoms with Gasteiger partial charge in [0.1, 0.15) is 0 Å².